The minimum Gasteiger partial charge on any atom is -0.752 e. The summed E-state index contributed by atoms with van der Waals surface area (Å²) in [6.45, 7) is 9.20. The van der Waals surface area contributed by atoms with Crippen LogP contribution in [0.3, 0.4) is 0 Å². The second-order valence-corrected chi connectivity index (χ2v) is 14.9. The fourth-order valence-corrected chi connectivity index (χ4v) is 6.28. The van der Waals surface area contributed by atoms with Gasteiger partial charge in [-0.2, -0.15) is 10.2 Å². The van der Waals surface area contributed by atoms with E-state index in [-0.39, 0.29) is 44.3 Å². The molecule has 51 heavy (non-hydrogen) atoms. The molecule has 2 aromatic rings. The molecule has 0 spiro atoms. The molecule has 2 fully saturated rings. The van der Waals surface area contributed by atoms with Gasteiger partial charge in [-0.25, -0.2) is 0 Å². The summed E-state index contributed by atoms with van der Waals surface area (Å²) < 4.78 is 11.5. The van der Waals surface area contributed by atoms with E-state index in [1.165, 1.54) is 23.5 Å². The number of benzene rings is 2. The van der Waals surface area contributed by atoms with Crippen molar-refractivity contribution in [3.63, 3.8) is 0 Å². The number of thioether (sulfide) groups is 2. The largest absolute Gasteiger partial charge is 2.00 e. The van der Waals surface area contributed by atoms with E-state index >= 15 is 0 Å². The summed E-state index contributed by atoms with van der Waals surface area (Å²) in [4.78, 5) is 33.7. The van der Waals surface area contributed by atoms with E-state index in [0.717, 1.165) is 77.1 Å². The quantitative estimate of drug-likeness (QED) is 0.167. The van der Waals surface area contributed by atoms with Gasteiger partial charge < -0.3 is 44.5 Å². The molecule has 2 aromatic carbocycles. The molecule has 0 aliphatic carbocycles. The third-order valence-corrected chi connectivity index (χ3v) is 10.7. The number of fused-ring (bicyclic) bond motifs is 2. The first kappa shape index (κ1) is 42.1. The Balaban J connectivity index is 0.000000224. The predicted molar refractivity (Wildman–Crippen MR) is 212 cm³/mol. The molecule has 276 valence electrons. The molecule has 0 saturated carbocycles. The van der Waals surface area contributed by atoms with E-state index in [0.29, 0.717) is 43.0 Å². The fourth-order valence-electron chi connectivity index (χ4n) is 5.60. The smallest absolute Gasteiger partial charge is 0.752 e. The van der Waals surface area contributed by atoms with Crippen LogP contribution in [0.2, 0.25) is 10.0 Å². The molecule has 19 heteroatoms. The third-order valence-electron chi connectivity index (χ3n) is 8.20. The first-order chi connectivity index (χ1) is 24.2. The van der Waals surface area contributed by atoms with Crippen molar-refractivity contribution in [1.29, 1.82) is 0 Å². The van der Waals surface area contributed by atoms with Crippen molar-refractivity contribution in [2.24, 2.45) is 20.4 Å². The van der Waals surface area contributed by atoms with Crippen molar-refractivity contribution in [2.45, 2.75) is 0 Å². The number of hydrogen-bond acceptors (Lipinski definition) is 14. The van der Waals surface area contributed by atoms with Gasteiger partial charge in [0.1, 0.15) is 0 Å². The van der Waals surface area contributed by atoms with Gasteiger partial charge in [0.2, 0.25) is 0 Å². The van der Waals surface area contributed by atoms with Gasteiger partial charge in [-0.15, -0.1) is 33.7 Å². The van der Waals surface area contributed by atoms with E-state index in [1.54, 1.807) is 34.1 Å². The molecule has 0 atom stereocenters. The molecule has 2 amide bonds. The number of anilines is 2. The zero-order chi connectivity index (χ0) is 35.6. The molecule has 2 saturated heterocycles. The molecule has 0 aromatic heterocycles. The predicted octanol–water partition coefficient (Wildman–Crippen LogP) is 3.98. The average Bonchev–Trinajstić information content (AvgIpc) is 3.55. The first-order valence-electron chi connectivity index (χ1n) is 15.8. The zero-order valence-corrected chi connectivity index (χ0v) is 34.9. The van der Waals surface area contributed by atoms with Gasteiger partial charge in [0.25, 0.3) is 11.8 Å². The van der Waals surface area contributed by atoms with Crippen molar-refractivity contribution >= 4 is 115 Å². The van der Waals surface area contributed by atoms with Crippen LogP contribution in [0.5, 0.6) is 0 Å². The Bertz CT molecular complexity index is 1570. The Kier molecular flexibility index (Phi) is 17.1. The second-order valence-electron chi connectivity index (χ2n) is 11.2. The SMILES string of the molecule is CS/C([S-])=N/N=C1/C(=O)N(CCN2CCOCC2)c2ccc(Cl)cc21.CS/C([S-])=N/N=C1/C(=O)N(CCN2CCOCC2)c2ccc(Cl)cc21.[Pt+2]. The van der Waals surface area contributed by atoms with Crippen LogP contribution in [0.4, 0.5) is 11.4 Å². The second kappa shape index (κ2) is 20.7. The van der Waals surface area contributed by atoms with Gasteiger partial charge in [0.05, 0.1) is 37.8 Å². The summed E-state index contributed by atoms with van der Waals surface area (Å²) in [5.41, 5.74) is 3.60. The topological polar surface area (TPSA) is 115 Å². The molecule has 0 unspecified atom stereocenters. The van der Waals surface area contributed by atoms with Gasteiger partial charge in [-0.05, 0) is 57.7 Å². The molecule has 12 nitrogen and oxygen atoms in total. The summed E-state index contributed by atoms with van der Waals surface area (Å²) in [7, 11) is 0. The van der Waals surface area contributed by atoms with E-state index in [1.807, 2.05) is 24.6 Å². The molecule has 4 aliphatic heterocycles. The molecule has 4 heterocycles. The van der Waals surface area contributed by atoms with Crippen molar-refractivity contribution in [2.75, 3.05) is 101 Å². The van der Waals surface area contributed by atoms with Crippen LogP contribution in [0.1, 0.15) is 11.1 Å². The molecule has 6 rings (SSSR count). The normalized spacial score (nSPS) is 20.0. The number of ether oxygens (including phenoxy) is 2. The molecule has 4 aliphatic rings. The summed E-state index contributed by atoms with van der Waals surface area (Å²) in [6.07, 6.45) is 3.64. The summed E-state index contributed by atoms with van der Waals surface area (Å²) in [6, 6.07) is 10.8. The van der Waals surface area contributed by atoms with E-state index < -0.39 is 0 Å². The Morgan fingerprint density at radius 1 is 0.686 bits per heavy atom. The summed E-state index contributed by atoms with van der Waals surface area (Å²) in [5.74, 6) is -0.337. The van der Waals surface area contributed by atoms with Crippen LogP contribution in [-0.4, -0.2) is 133 Å². The molecular weight excluding hydrogens is 955 g/mol. The van der Waals surface area contributed by atoms with Crippen LogP contribution >= 0.6 is 46.7 Å². The Labute approximate surface area is 341 Å². The first-order valence-corrected chi connectivity index (χ1v) is 19.8. The number of carbonyl (C=O) groups excluding carboxylic acids is 2. The number of carbonyl (C=O) groups is 2. The maximum atomic E-state index is 12.8. The third kappa shape index (κ3) is 11.2. The van der Waals surface area contributed by atoms with E-state index in [4.69, 9.17) is 57.9 Å². The Morgan fingerprint density at radius 2 is 1.06 bits per heavy atom. The average molecular weight is 991 g/mol. The van der Waals surface area contributed by atoms with Crippen molar-refractivity contribution < 1.29 is 40.1 Å². The molecule has 0 radical (unpaired) electrons. The van der Waals surface area contributed by atoms with E-state index in [9.17, 15) is 9.59 Å². The summed E-state index contributed by atoms with van der Waals surface area (Å²) in [5, 5.41) is 17.2. The Morgan fingerprint density at radius 3 is 1.41 bits per heavy atom. The fraction of sp³-hybridized carbons (Fsp3) is 0.438. The van der Waals surface area contributed by atoms with Crippen molar-refractivity contribution in [1.82, 2.24) is 9.80 Å². The number of halogens is 2. The molecule has 0 N–H and O–H groups in total. The Hall–Kier alpha value is -1.69. The maximum Gasteiger partial charge on any atom is 2.00 e. The maximum absolute atomic E-state index is 12.8. The van der Waals surface area contributed by atoms with Crippen molar-refractivity contribution in [3.05, 3.63) is 57.6 Å². The summed E-state index contributed by atoms with van der Waals surface area (Å²) >= 11 is 24.9. The van der Waals surface area contributed by atoms with Gasteiger partial charge >= 0.3 is 21.1 Å². The van der Waals surface area contributed by atoms with Crippen LogP contribution < -0.4 is 9.80 Å². The van der Waals surface area contributed by atoms with Gasteiger partial charge in [-0.1, -0.05) is 23.2 Å². The van der Waals surface area contributed by atoms with Gasteiger partial charge in [0, 0.05) is 73.5 Å². The monoisotopic (exact) mass is 989 g/mol. The standard InChI is InChI=1S/2C16H19ClN4O2S2.Pt/c2*1-25-16(24)19-18-14-12-10-11(17)2-3-13(12)21(15(14)22)5-4-20-6-8-23-9-7-20;/h2*2-3,10H,4-9H2,1H3,(H,19,24);/q;;+2/p-2/b2*18-14+;. The van der Waals surface area contributed by atoms with Crippen LogP contribution in [-0.2, 0) is 65.4 Å². The van der Waals surface area contributed by atoms with Crippen LogP contribution in [0.15, 0.2) is 56.8 Å². The number of morpholine rings is 2. The van der Waals surface area contributed by atoms with Crippen LogP contribution in [0.25, 0.3) is 0 Å². The van der Waals surface area contributed by atoms with Gasteiger partial charge in [0.15, 0.2) is 11.4 Å². The minimum absolute atomic E-state index is 0. The minimum atomic E-state index is -0.168. The molecule has 0 bridgehead atoms. The number of nitrogens with zero attached hydrogens (tertiary/aromatic N) is 8. The number of hydrogen-bond donors (Lipinski definition) is 0. The number of amides is 2. The van der Waals surface area contributed by atoms with E-state index in [2.05, 4.69) is 30.2 Å². The van der Waals surface area contributed by atoms with Gasteiger partial charge in [-0.3, -0.25) is 19.4 Å². The van der Waals surface area contributed by atoms with Crippen molar-refractivity contribution in [3.8, 4) is 0 Å². The zero-order valence-electron chi connectivity index (χ0n) is 27.9. The number of rotatable bonds is 8. The molecular formula is C32H36Cl2N8O4PtS4. The van der Waals surface area contributed by atoms with Crippen LogP contribution in [0, 0.1) is 0 Å².